The molecule has 1 unspecified atom stereocenters. The van der Waals surface area contributed by atoms with Crippen molar-refractivity contribution in [2.75, 3.05) is 13.7 Å². The molecule has 1 aromatic rings. The molecule has 0 spiro atoms. The first-order valence-electron chi connectivity index (χ1n) is 4.73. The van der Waals surface area contributed by atoms with E-state index in [4.69, 9.17) is 5.11 Å². The summed E-state index contributed by atoms with van der Waals surface area (Å²) in [5.74, 6) is -2.67. The zero-order valence-electron chi connectivity index (χ0n) is 9.12. The fourth-order valence-corrected chi connectivity index (χ4v) is 1.30. The number of ketones is 1. The molecule has 0 aliphatic carbocycles. The van der Waals surface area contributed by atoms with Crippen molar-refractivity contribution in [3.63, 3.8) is 0 Å². The molecule has 0 radical (unpaired) electrons. The van der Waals surface area contributed by atoms with Crippen LogP contribution in [-0.4, -0.2) is 35.7 Å². The van der Waals surface area contributed by atoms with Gasteiger partial charge in [0.1, 0.15) is 6.61 Å². The van der Waals surface area contributed by atoms with E-state index in [0.717, 1.165) is 0 Å². The minimum Gasteiger partial charge on any atom is -0.478 e. The SMILES string of the molecule is COOCC(=O)C(O)(C(=O)O)c1ccccc1. The van der Waals surface area contributed by atoms with Crippen LogP contribution in [0.15, 0.2) is 30.3 Å². The molecule has 0 fully saturated rings. The minimum atomic E-state index is -2.63. The van der Waals surface area contributed by atoms with Crippen LogP contribution in [0.5, 0.6) is 0 Å². The van der Waals surface area contributed by atoms with Crippen LogP contribution in [-0.2, 0) is 25.0 Å². The maximum atomic E-state index is 11.6. The predicted molar refractivity (Wildman–Crippen MR) is 55.9 cm³/mol. The third-order valence-electron chi connectivity index (χ3n) is 2.21. The van der Waals surface area contributed by atoms with Crippen molar-refractivity contribution >= 4 is 11.8 Å². The summed E-state index contributed by atoms with van der Waals surface area (Å²) in [5.41, 5.74) is -2.66. The topological polar surface area (TPSA) is 93.1 Å². The third kappa shape index (κ3) is 2.68. The molecule has 6 nitrogen and oxygen atoms in total. The Labute approximate surface area is 97.3 Å². The molecule has 6 heteroatoms. The first kappa shape index (κ1) is 13.3. The van der Waals surface area contributed by atoms with Gasteiger partial charge in [0, 0.05) is 5.56 Å². The van der Waals surface area contributed by atoms with Gasteiger partial charge in [0.2, 0.25) is 11.4 Å². The number of aliphatic hydroxyl groups is 1. The molecule has 1 atom stereocenters. The maximum Gasteiger partial charge on any atom is 0.348 e. The summed E-state index contributed by atoms with van der Waals surface area (Å²) in [6.45, 7) is -0.659. The molecule has 0 saturated heterocycles. The highest BCUT2D eigenvalue weighted by Gasteiger charge is 2.45. The molecule has 17 heavy (non-hydrogen) atoms. The smallest absolute Gasteiger partial charge is 0.348 e. The molecule has 0 aliphatic heterocycles. The quantitative estimate of drug-likeness (QED) is 0.416. The number of hydrogen-bond donors (Lipinski definition) is 2. The molecule has 0 heterocycles. The minimum absolute atomic E-state index is 0.0304. The molecule has 2 N–H and O–H groups in total. The predicted octanol–water partition coefficient (Wildman–Crippen LogP) is 0.106. The van der Waals surface area contributed by atoms with Crippen LogP contribution in [0.25, 0.3) is 0 Å². The highest BCUT2D eigenvalue weighted by Crippen LogP contribution is 2.22. The van der Waals surface area contributed by atoms with Crippen LogP contribution in [0.2, 0.25) is 0 Å². The summed E-state index contributed by atoms with van der Waals surface area (Å²) in [6.07, 6.45) is 0. The number of aliphatic carboxylic acids is 1. The van der Waals surface area contributed by atoms with Gasteiger partial charge in [-0.15, -0.1) is 0 Å². The van der Waals surface area contributed by atoms with Gasteiger partial charge in [0.05, 0.1) is 7.11 Å². The van der Waals surface area contributed by atoms with Crippen molar-refractivity contribution in [2.24, 2.45) is 0 Å². The van der Waals surface area contributed by atoms with Gasteiger partial charge in [0.15, 0.2) is 0 Å². The summed E-state index contributed by atoms with van der Waals surface area (Å²) in [6, 6.07) is 7.38. The molecule has 0 aliphatic rings. The van der Waals surface area contributed by atoms with E-state index in [2.05, 4.69) is 9.78 Å². The molecular weight excluding hydrogens is 228 g/mol. The summed E-state index contributed by atoms with van der Waals surface area (Å²) in [5, 5.41) is 19.0. The van der Waals surface area contributed by atoms with E-state index in [1.807, 2.05) is 0 Å². The van der Waals surface area contributed by atoms with Gasteiger partial charge in [-0.05, 0) is 0 Å². The Kier molecular flexibility index (Phi) is 4.33. The summed E-state index contributed by atoms with van der Waals surface area (Å²) >= 11 is 0. The lowest BCUT2D eigenvalue weighted by Gasteiger charge is -2.21. The van der Waals surface area contributed by atoms with Crippen molar-refractivity contribution in [3.8, 4) is 0 Å². The largest absolute Gasteiger partial charge is 0.478 e. The Bertz CT molecular complexity index is 402. The number of carboxylic acids is 1. The van der Waals surface area contributed by atoms with E-state index in [9.17, 15) is 14.7 Å². The van der Waals surface area contributed by atoms with Gasteiger partial charge in [-0.2, -0.15) is 0 Å². The van der Waals surface area contributed by atoms with Crippen LogP contribution >= 0.6 is 0 Å². The van der Waals surface area contributed by atoms with Gasteiger partial charge in [-0.3, -0.25) is 4.79 Å². The highest BCUT2D eigenvalue weighted by molar-refractivity contribution is 6.07. The molecule has 0 aromatic heterocycles. The van der Waals surface area contributed by atoms with Gasteiger partial charge in [-0.25, -0.2) is 14.6 Å². The van der Waals surface area contributed by atoms with Crippen LogP contribution in [0.3, 0.4) is 0 Å². The lowest BCUT2D eigenvalue weighted by molar-refractivity contribution is -0.269. The molecule has 1 rings (SSSR count). The van der Waals surface area contributed by atoms with E-state index in [0.29, 0.717) is 0 Å². The zero-order valence-corrected chi connectivity index (χ0v) is 9.12. The third-order valence-corrected chi connectivity index (χ3v) is 2.21. The molecule has 0 saturated carbocycles. The number of benzene rings is 1. The highest BCUT2D eigenvalue weighted by atomic mass is 17.2. The molecular formula is C11H12O6. The summed E-state index contributed by atoms with van der Waals surface area (Å²) in [4.78, 5) is 31.2. The van der Waals surface area contributed by atoms with Crippen molar-refractivity contribution in [1.82, 2.24) is 0 Å². The first-order valence-corrected chi connectivity index (χ1v) is 4.73. The van der Waals surface area contributed by atoms with Gasteiger partial charge < -0.3 is 10.2 Å². The number of carbonyl (C=O) groups excluding carboxylic acids is 1. The van der Waals surface area contributed by atoms with Crippen LogP contribution in [0.1, 0.15) is 5.56 Å². The lowest BCUT2D eigenvalue weighted by atomic mass is 9.90. The second-order valence-electron chi connectivity index (χ2n) is 3.23. The van der Waals surface area contributed by atoms with E-state index in [1.165, 1.54) is 31.4 Å². The maximum absolute atomic E-state index is 11.6. The average Bonchev–Trinajstić information content (AvgIpc) is 2.35. The van der Waals surface area contributed by atoms with E-state index < -0.39 is 24.0 Å². The fourth-order valence-electron chi connectivity index (χ4n) is 1.30. The van der Waals surface area contributed by atoms with Crippen molar-refractivity contribution in [3.05, 3.63) is 35.9 Å². The standard InChI is InChI=1S/C11H12O6/c1-16-17-7-9(12)11(15,10(13)14)8-5-3-2-4-6-8/h2-6,15H,7H2,1H3,(H,13,14). The lowest BCUT2D eigenvalue weighted by Crippen LogP contribution is -2.45. The number of carboxylic acid groups (broad SMARTS) is 1. The number of rotatable bonds is 6. The Balaban J connectivity index is 3.06. The van der Waals surface area contributed by atoms with Crippen molar-refractivity contribution < 1.29 is 29.6 Å². The van der Waals surface area contributed by atoms with Crippen LogP contribution in [0.4, 0.5) is 0 Å². The normalized spacial score (nSPS) is 14.0. The molecule has 1 aromatic carbocycles. The Morgan fingerprint density at radius 1 is 1.29 bits per heavy atom. The summed E-state index contributed by atoms with van der Waals surface area (Å²) < 4.78 is 0. The van der Waals surface area contributed by atoms with Crippen LogP contribution in [0, 0.1) is 0 Å². The van der Waals surface area contributed by atoms with Gasteiger partial charge in [0.25, 0.3) is 0 Å². The van der Waals surface area contributed by atoms with Crippen LogP contribution < -0.4 is 0 Å². The Morgan fingerprint density at radius 3 is 2.35 bits per heavy atom. The Hall–Kier alpha value is -1.76. The number of hydrogen-bond acceptors (Lipinski definition) is 5. The van der Waals surface area contributed by atoms with E-state index in [-0.39, 0.29) is 5.56 Å². The van der Waals surface area contributed by atoms with Gasteiger partial charge in [-0.1, -0.05) is 30.3 Å². The first-order chi connectivity index (χ1) is 8.03. The molecule has 0 amide bonds. The van der Waals surface area contributed by atoms with Crippen molar-refractivity contribution in [1.29, 1.82) is 0 Å². The van der Waals surface area contributed by atoms with E-state index in [1.54, 1.807) is 6.07 Å². The summed E-state index contributed by atoms with van der Waals surface area (Å²) in [7, 11) is 1.18. The molecule has 0 bridgehead atoms. The van der Waals surface area contributed by atoms with E-state index >= 15 is 0 Å². The Morgan fingerprint density at radius 2 is 1.88 bits per heavy atom. The monoisotopic (exact) mass is 240 g/mol. The zero-order chi connectivity index (χ0) is 12.9. The number of carbonyl (C=O) groups is 2. The van der Waals surface area contributed by atoms with Gasteiger partial charge >= 0.3 is 5.97 Å². The van der Waals surface area contributed by atoms with Crippen molar-refractivity contribution in [2.45, 2.75) is 5.60 Å². The second kappa shape index (κ2) is 5.53. The fraction of sp³-hybridized carbons (Fsp3) is 0.273. The molecule has 92 valence electrons. The second-order valence-corrected chi connectivity index (χ2v) is 3.23. The number of Topliss-reactive ketones (excluding diaryl/α,β-unsaturated/α-hetero) is 1. The average molecular weight is 240 g/mol.